The van der Waals surface area contributed by atoms with Crippen LogP contribution < -0.4 is 5.32 Å². The van der Waals surface area contributed by atoms with E-state index in [-0.39, 0.29) is 17.0 Å². The highest BCUT2D eigenvalue weighted by Gasteiger charge is 2.46. The number of nitrogens with one attached hydrogen (secondary N) is 2. The van der Waals surface area contributed by atoms with Crippen LogP contribution in [0.2, 0.25) is 23.2 Å². The van der Waals surface area contributed by atoms with Gasteiger partial charge in [-0.2, -0.15) is 0 Å². The Hall–Kier alpha value is -2.94. The van der Waals surface area contributed by atoms with Crippen molar-refractivity contribution in [3.8, 4) is 11.5 Å². The minimum atomic E-state index is -2.19. The molecule has 196 valence electrons. The number of benzene rings is 2. The molecule has 2 aromatic heterocycles. The van der Waals surface area contributed by atoms with Crippen molar-refractivity contribution in [3.63, 3.8) is 0 Å². The van der Waals surface area contributed by atoms with Crippen LogP contribution in [0.1, 0.15) is 57.1 Å². The summed E-state index contributed by atoms with van der Waals surface area (Å²) in [5.41, 5.74) is 2.48. The lowest BCUT2D eigenvalue weighted by Gasteiger charge is -2.46. The van der Waals surface area contributed by atoms with Crippen molar-refractivity contribution >= 4 is 36.9 Å². The first kappa shape index (κ1) is 27.1. The first-order valence-corrected chi connectivity index (χ1v) is 15.8. The zero-order valence-corrected chi connectivity index (χ0v) is 24.2. The fourth-order valence-electron chi connectivity index (χ4n) is 4.35. The summed E-state index contributed by atoms with van der Waals surface area (Å²) in [6, 6.07) is 13.2. The highest BCUT2D eigenvalue weighted by molar-refractivity contribution is 6.74. The number of hydrogen-bond donors (Lipinski definition) is 2. The summed E-state index contributed by atoms with van der Waals surface area (Å²) >= 11 is 6.08. The maximum atomic E-state index is 13.4. The summed E-state index contributed by atoms with van der Waals surface area (Å²) in [5.74, 6) is 0.227. The Morgan fingerprint density at radius 2 is 1.89 bits per heavy atom. The van der Waals surface area contributed by atoms with Gasteiger partial charge in [0.25, 0.3) is 5.91 Å². The number of imidazole rings is 1. The molecule has 4 aromatic rings. The number of oxazole rings is 1. The van der Waals surface area contributed by atoms with E-state index < -0.39 is 13.9 Å². The molecule has 0 unspecified atom stereocenters. The number of halogens is 1. The van der Waals surface area contributed by atoms with E-state index in [0.29, 0.717) is 34.1 Å². The molecule has 9 heteroatoms. The van der Waals surface area contributed by atoms with Gasteiger partial charge in [0, 0.05) is 16.1 Å². The maximum Gasteiger partial charge on any atom is 0.270 e. The Morgan fingerprint density at radius 3 is 2.49 bits per heavy atom. The van der Waals surface area contributed by atoms with Crippen molar-refractivity contribution in [2.24, 2.45) is 0 Å². The number of aromatic amines is 1. The third-order valence-electron chi connectivity index (χ3n) is 7.60. The molecule has 1 amide bonds. The van der Waals surface area contributed by atoms with Crippen LogP contribution in [-0.4, -0.2) is 35.3 Å². The van der Waals surface area contributed by atoms with Crippen LogP contribution >= 0.6 is 11.6 Å². The predicted octanol–water partition coefficient (Wildman–Crippen LogP) is 7.32. The Balaban J connectivity index is 1.87. The Morgan fingerprint density at radius 1 is 1.19 bits per heavy atom. The van der Waals surface area contributed by atoms with Crippen LogP contribution in [0.3, 0.4) is 0 Å². The zero-order chi connectivity index (χ0) is 27.0. The second-order valence-electron chi connectivity index (χ2n) is 10.9. The van der Waals surface area contributed by atoms with E-state index in [1.54, 1.807) is 0 Å². The van der Waals surface area contributed by atoms with E-state index in [2.05, 4.69) is 56.1 Å². The van der Waals surface area contributed by atoms with Crippen LogP contribution in [0.25, 0.3) is 22.6 Å². The molecule has 2 aromatic carbocycles. The molecule has 0 aliphatic rings. The van der Waals surface area contributed by atoms with Gasteiger partial charge in [-0.25, -0.2) is 9.97 Å². The summed E-state index contributed by atoms with van der Waals surface area (Å²) in [7, 11) is -2.19. The van der Waals surface area contributed by atoms with Gasteiger partial charge in [-0.3, -0.25) is 4.79 Å². The summed E-state index contributed by atoms with van der Waals surface area (Å²) in [5, 5.41) is 3.95. The molecule has 0 aliphatic heterocycles. The van der Waals surface area contributed by atoms with Crippen LogP contribution in [-0.2, 0) is 9.96 Å². The third-order valence-corrected chi connectivity index (χ3v) is 12.4. The van der Waals surface area contributed by atoms with Gasteiger partial charge >= 0.3 is 0 Å². The molecule has 2 N–H and O–H groups in total. The number of para-hydroxylation sites is 1. The van der Waals surface area contributed by atoms with Gasteiger partial charge in [-0.05, 0) is 61.8 Å². The van der Waals surface area contributed by atoms with E-state index in [9.17, 15) is 4.79 Å². The fourth-order valence-corrected chi connectivity index (χ4v) is 5.91. The number of nitrogens with zero attached hydrogens (tertiary/aromatic N) is 2. The van der Waals surface area contributed by atoms with Gasteiger partial charge in [-0.1, -0.05) is 51.4 Å². The van der Waals surface area contributed by atoms with Gasteiger partial charge in [-0.15, -0.1) is 0 Å². The fraction of sp³-hybridized carbons (Fsp3) is 0.393. The smallest absolute Gasteiger partial charge is 0.270 e. The number of aromatic nitrogens is 3. The molecule has 0 saturated carbocycles. The average molecular weight is 539 g/mol. The summed E-state index contributed by atoms with van der Waals surface area (Å²) < 4.78 is 13.1. The molecule has 2 atom stereocenters. The second-order valence-corrected chi connectivity index (χ2v) is 16.1. The lowest BCUT2D eigenvalue weighted by molar-refractivity contribution is 0.0605. The molecule has 7 nitrogen and oxygen atoms in total. The Kier molecular flexibility index (Phi) is 7.38. The molecule has 2 heterocycles. The van der Waals surface area contributed by atoms with Crippen molar-refractivity contribution in [1.29, 1.82) is 0 Å². The first-order chi connectivity index (χ1) is 17.4. The molecular formula is C28H35ClN4O3Si. The lowest BCUT2D eigenvalue weighted by atomic mass is 9.81. The summed E-state index contributed by atoms with van der Waals surface area (Å²) in [6.45, 7) is 15.2. The van der Waals surface area contributed by atoms with Gasteiger partial charge in [0.2, 0.25) is 5.89 Å². The molecule has 37 heavy (non-hydrogen) atoms. The van der Waals surface area contributed by atoms with Crippen LogP contribution in [0.15, 0.2) is 59.4 Å². The molecule has 0 aliphatic carbocycles. The van der Waals surface area contributed by atoms with Crippen LogP contribution in [0.5, 0.6) is 0 Å². The number of hydrogen-bond acceptors (Lipinski definition) is 5. The monoisotopic (exact) mass is 538 g/mol. The normalized spacial score (nSPS) is 14.9. The summed E-state index contributed by atoms with van der Waals surface area (Å²) in [6.07, 6.45) is 3.23. The maximum absolute atomic E-state index is 13.4. The van der Waals surface area contributed by atoms with Gasteiger partial charge < -0.3 is 19.1 Å². The number of H-pyrrole nitrogens is 1. The minimum Gasteiger partial charge on any atom is -0.436 e. The highest BCUT2D eigenvalue weighted by Crippen LogP contribution is 2.42. The molecule has 0 spiro atoms. The minimum absolute atomic E-state index is 0.00419. The predicted molar refractivity (Wildman–Crippen MR) is 150 cm³/mol. The van der Waals surface area contributed by atoms with Crippen molar-refractivity contribution in [1.82, 2.24) is 20.3 Å². The summed E-state index contributed by atoms with van der Waals surface area (Å²) in [4.78, 5) is 25.3. The SMILES string of the molecule is CC[C@@](NC(=O)c1cnc[nH]1)(c1cccc2oc(-c3ccc(Cl)cc3)nc12)[C@H](C)O[Si](C)(C)C(C)(C)C. The first-order valence-electron chi connectivity index (χ1n) is 12.5. The van der Waals surface area contributed by atoms with Crippen molar-refractivity contribution in [3.05, 3.63) is 71.3 Å². The van der Waals surface area contributed by atoms with Crippen molar-refractivity contribution in [2.45, 2.75) is 70.8 Å². The van der Waals surface area contributed by atoms with E-state index in [0.717, 1.165) is 11.1 Å². The highest BCUT2D eigenvalue weighted by atomic mass is 35.5. The lowest BCUT2D eigenvalue weighted by Crippen LogP contribution is -2.57. The van der Waals surface area contributed by atoms with Crippen molar-refractivity contribution in [2.75, 3.05) is 0 Å². The molecule has 0 bridgehead atoms. The van der Waals surface area contributed by atoms with Gasteiger partial charge in [0.05, 0.1) is 24.2 Å². The van der Waals surface area contributed by atoms with Gasteiger partial charge in [0.15, 0.2) is 13.9 Å². The Bertz CT molecular complexity index is 1380. The van der Waals surface area contributed by atoms with Crippen molar-refractivity contribution < 1.29 is 13.6 Å². The molecule has 0 fully saturated rings. The zero-order valence-electron chi connectivity index (χ0n) is 22.5. The average Bonchev–Trinajstić information content (AvgIpc) is 3.52. The topological polar surface area (TPSA) is 93.0 Å². The number of carbonyl (C=O) groups is 1. The van der Waals surface area contributed by atoms with E-state index in [4.69, 9.17) is 25.4 Å². The largest absolute Gasteiger partial charge is 0.436 e. The van der Waals surface area contributed by atoms with Crippen LogP contribution in [0.4, 0.5) is 0 Å². The molecule has 4 rings (SSSR count). The number of carbonyl (C=O) groups excluding carboxylic acids is 1. The quantitative estimate of drug-likeness (QED) is 0.229. The third kappa shape index (κ3) is 5.23. The Labute approximate surface area is 224 Å². The number of fused-ring (bicyclic) bond motifs is 1. The van der Waals surface area contributed by atoms with E-state index >= 15 is 0 Å². The molecule has 0 saturated heterocycles. The van der Waals surface area contributed by atoms with Gasteiger partial charge in [0.1, 0.15) is 11.2 Å². The van der Waals surface area contributed by atoms with E-state index in [1.807, 2.05) is 49.4 Å². The number of amides is 1. The molecule has 0 radical (unpaired) electrons. The standard InChI is InChI=1S/C28H35ClN4O3Si/c1-8-28(33-25(34)22-16-30-17-31-22,18(2)36-37(6,7)27(3,4)5)21-10-9-11-23-24(21)32-26(35-23)19-12-14-20(29)15-13-19/h9-18H,8H2,1-7H3,(H,30,31)(H,33,34)/t18-,28-/m0/s1. The van der Waals surface area contributed by atoms with E-state index in [1.165, 1.54) is 12.5 Å². The molecular weight excluding hydrogens is 504 g/mol. The van der Waals surface area contributed by atoms with Crippen LogP contribution in [0, 0.1) is 0 Å². The second kappa shape index (κ2) is 10.1. The number of rotatable bonds is 8.